The average molecular weight is 520 g/mol. The molecular formula is C28H29N3O7. The Balaban J connectivity index is 1.61. The van der Waals surface area contributed by atoms with Crippen LogP contribution in [0.5, 0.6) is 5.75 Å². The summed E-state index contributed by atoms with van der Waals surface area (Å²) in [4.78, 5) is 63.5. The first-order valence-electron chi connectivity index (χ1n) is 12.2. The van der Waals surface area contributed by atoms with Gasteiger partial charge in [-0.2, -0.15) is 0 Å². The Morgan fingerprint density at radius 3 is 2.13 bits per heavy atom. The van der Waals surface area contributed by atoms with Gasteiger partial charge in [-0.3, -0.25) is 24.1 Å². The van der Waals surface area contributed by atoms with Gasteiger partial charge in [-0.25, -0.2) is 4.79 Å². The number of aryl methyl sites for hydroxylation is 1. The van der Waals surface area contributed by atoms with E-state index in [-0.39, 0.29) is 29.7 Å². The second-order valence-corrected chi connectivity index (χ2v) is 9.99. The number of imide groups is 1. The summed E-state index contributed by atoms with van der Waals surface area (Å²) in [6.07, 6.45) is 0.392. The fourth-order valence-electron chi connectivity index (χ4n) is 4.64. The molecule has 1 aromatic heterocycles. The van der Waals surface area contributed by atoms with Crippen LogP contribution >= 0.6 is 0 Å². The van der Waals surface area contributed by atoms with E-state index in [4.69, 9.17) is 15.2 Å². The van der Waals surface area contributed by atoms with Crippen molar-refractivity contribution in [3.05, 3.63) is 64.8 Å². The summed E-state index contributed by atoms with van der Waals surface area (Å²) in [5.74, 6) is -3.07. The minimum Gasteiger partial charge on any atom is -0.481 e. The van der Waals surface area contributed by atoms with Gasteiger partial charge in [0.05, 0.1) is 27.6 Å². The van der Waals surface area contributed by atoms with Crippen molar-refractivity contribution in [2.24, 2.45) is 5.73 Å². The maximum absolute atomic E-state index is 12.8. The van der Waals surface area contributed by atoms with Gasteiger partial charge in [0.2, 0.25) is 0 Å². The third-order valence-electron chi connectivity index (χ3n) is 6.17. The second kappa shape index (κ2) is 10.1. The molecule has 0 fully saturated rings. The number of primary amides is 1. The van der Waals surface area contributed by atoms with E-state index >= 15 is 0 Å². The molecule has 38 heavy (non-hydrogen) atoms. The van der Waals surface area contributed by atoms with Crippen LogP contribution in [0.2, 0.25) is 0 Å². The van der Waals surface area contributed by atoms with E-state index in [0.717, 1.165) is 0 Å². The number of Topliss-reactive ketones (excluding diaryl/α,β-unsaturated/α-hetero) is 1. The molecule has 3 aromatic rings. The summed E-state index contributed by atoms with van der Waals surface area (Å²) in [6.45, 7) is 6.99. The van der Waals surface area contributed by atoms with Crippen LogP contribution in [0.1, 0.15) is 64.0 Å². The number of ether oxygens (including phenoxy) is 2. The standard InChI is InChI=1S/C28H29N3O7/c1-16-22(24(33)25(29)34)23-19(11-7-12-20(23)37-15-21(32)38-28(2,3)4)30(16)13-8-14-31-26(35)17-9-5-6-10-18(17)27(31)36/h5-7,9-12H,8,13-15H2,1-4H3,(H2,29,34). The molecule has 2 aromatic carbocycles. The molecule has 3 amide bonds. The van der Waals surface area contributed by atoms with Gasteiger partial charge < -0.3 is 19.8 Å². The van der Waals surface area contributed by atoms with E-state index in [9.17, 15) is 24.0 Å². The number of aromatic nitrogens is 1. The molecule has 0 bridgehead atoms. The lowest BCUT2D eigenvalue weighted by Crippen LogP contribution is -2.31. The summed E-state index contributed by atoms with van der Waals surface area (Å²) >= 11 is 0. The van der Waals surface area contributed by atoms with E-state index < -0.39 is 29.9 Å². The fraction of sp³-hybridized carbons (Fsp3) is 0.321. The van der Waals surface area contributed by atoms with E-state index in [0.29, 0.717) is 40.7 Å². The lowest BCUT2D eigenvalue weighted by molar-refractivity contribution is -0.157. The van der Waals surface area contributed by atoms with Gasteiger partial charge in [0.15, 0.2) is 6.61 Å². The number of esters is 1. The van der Waals surface area contributed by atoms with Gasteiger partial charge in [0.25, 0.3) is 23.5 Å². The van der Waals surface area contributed by atoms with Crippen molar-refractivity contribution in [2.45, 2.75) is 46.3 Å². The molecule has 2 N–H and O–H groups in total. The number of fused-ring (bicyclic) bond motifs is 2. The van der Waals surface area contributed by atoms with Crippen molar-refractivity contribution in [3.63, 3.8) is 0 Å². The first-order chi connectivity index (χ1) is 17.9. The third-order valence-corrected chi connectivity index (χ3v) is 6.17. The highest BCUT2D eigenvalue weighted by Crippen LogP contribution is 2.34. The number of carbonyl (C=O) groups excluding carboxylic acids is 5. The van der Waals surface area contributed by atoms with Gasteiger partial charge in [0, 0.05) is 18.8 Å². The molecule has 1 aliphatic rings. The molecule has 0 unspecified atom stereocenters. The predicted octanol–water partition coefficient (Wildman–Crippen LogP) is 3.02. The number of hydrogen-bond donors (Lipinski definition) is 1. The Morgan fingerprint density at radius 2 is 1.55 bits per heavy atom. The van der Waals surface area contributed by atoms with Gasteiger partial charge >= 0.3 is 5.97 Å². The smallest absolute Gasteiger partial charge is 0.344 e. The van der Waals surface area contributed by atoms with E-state index in [2.05, 4.69) is 0 Å². The molecule has 0 saturated carbocycles. The van der Waals surface area contributed by atoms with Crippen LogP contribution in [0, 0.1) is 6.92 Å². The molecule has 10 heteroatoms. The largest absolute Gasteiger partial charge is 0.481 e. The zero-order chi connectivity index (χ0) is 27.8. The molecular weight excluding hydrogens is 490 g/mol. The second-order valence-electron chi connectivity index (χ2n) is 9.99. The van der Waals surface area contributed by atoms with Crippen LogP contribution in [-0.2, 0) is 20.9 Å². The van der Waals surface area contributed by atoms with Gasteiger partial charge in [0.1, 0.15) is 11.4 Å². The van der Waals surface area contributed by atoms with Crippen molar-refractivity contribution < 1.29 is 33.4 Å². The summed E-state index contributed by atoms with van der Waals surface area (Å²) in [5.41, 5.74) is 6.52. The third kappa shape index (κ3) is 5.02. The molecule has 198 valence electrons. The number of ketones is 1. The molecule has 0 atom stereocenters. The van der Waals surface area contributed by atoms with Crippen LogP contribution in [0.3, 0.4) is 0 Å². The van der Waals surface area contributed by atoms with E-state index in [1.807, 2.05) is 4.57 Å². The molecule has 1 aliphatic heterocycles. The maximum atomic E-state index is 12.8. The Labute approximate surface area is 219 Å². The normalized spacial score (nSPS) is 13.1. The number of amides is 3. The maximum Gasteiger partial charge on any atom is 0.344 e. The highest BCUT2D eigenvalue weighted by atomic mass is 16.6. The summed E-state index contributed by atoms with van der Waals surface area (Å²) in [7, 11) is 0. The molecule has 0 radical (unpaired) electrons. The number of benzene rings is 2. The Bertz CT molecular complexity index is 1440. The van der Waals surface area contributed by atoms with Crippen molar-refractivity contribution in [1.82, 2.24) is 9.47 Å². The predicted molar refractivity (Wildman–Crippen MR) is 138 cm³/mol. The number of hydrogen-bond acceptors (Lipinski definition) is 7. The van der Waals surface area contributed by atoms with Crippen LogP contribution in [0.4, 0.5) is 0 Å². The van der Waals surface area contributed by atoms with Crippen LogP contribution in [0.25, 0.3) is 10.9 Å². The fourth-order valence-corrected chi connectivity index (χ4v) is 4.64. The highest BCUT2D eigenvalue weighted by Gasteiger charge is 2.34. The number of nitrogens with two attached hydrogens (primary N) is 1. The van der Waals surface area contributed by atoms with Gasteiger partial charge in [-0.1, -0.05) is 18.2 Å². The number of nitrogens with zero attached hydrogens (tertiary/aromatic N) is 2. The number of rotatable bonds is 9. The Morgan fingerprint density at radius 1 is 0.921 bits per heavy atom. The lowest BCUT2D eigenvalue weighted by atomic mass is 10.1. The molecule has 10 nitrogen and oxygen atoms in total. The van der Waals surface area contributed by atoms with Gasteiger partial charge in [-0.15, -0.1) is 0 Å². The van der Waals surface area contributed by atoms with Gasteiger partial charge in [-0.05, 0) is 58.4 Å². The number of carbonyl (C=O) groups is 5. The van der Waals surface area contributed by atoms with Crippen LogP contribution in [-0.4, -0.2) is 57.7 Å². The van der Waals surface area contributed by atoms with E-state index in [1.165, 1.54) is 4.90 Å². The molecule has 2 heterocycles. The minimum absolute atomic E-state index is 0.0769. The monoisotopic (exact) mass is 519 g/mol. The van der Waals surface area contributed by atoms with Crippen LogP contribution < -0.4 is 10.5 Å². The molecule has 4 rings (SSSR count). The summed E-state index contributed by atoms with van der Waals surface area (Å²) < 4.78 is 12.8. The lowest BCUT2D eigenvalue weighted by Gasteiger charge is -2.19. The Kier molecular flexibility index (Phi) is 7.08. The zero-order valence-corrected chi connectivity index (χ0v) is 21.7. The SMILES string of the molecule is Cc1c(C(=O)C(N)=O)c2c(OCC(=O)OC(C)(C)C)cccc2n1CCCN1C(=O)c2ccccc2C1=O. The first-order valence-corrected chi connectivity index (χ1v) is 12.2. The highest BCUT2D eigenvalue weighted by molar-refractivity contribution is 6.45. The summed E-state index contributed by atoms with van der Waals surface area (Å²) in [5, 5.41) is 0.345. The van der Waals surface area contributed by atoms with E-state index in [1.54, 1.807) is 70.2 Å². The average Bonchev–Trinajstić information content (AvgIpc) is 3.27. The molecule has 0 saturated heterocycles. The Hall–Kier alpha value is -4.47. The van der Waals surface area contributed by atoms with Crippen molar-refractivity contribution in [3.8, 4) is 5.75 Å². The molecule has 0 aliphatic carbocycles. The zero-order valence-electron chi connectivity index (χ0n) is 21.7. The van der Waals surface area contributed by atoms with Crippen LogP contribution in [0.15, 0.2) is 42.5 Å². The molecule has 0 spiro atoms. The minimum atomic E-state index is -1.12. The first kappa shape index (κ1) is 26.6. The topological polar surface area (TPSA) is 138 Å². The van der Waals surface area contributed by atoms with Crippen molar-refractivity contribution >= 4 is 40.4 Å². The van der Waals surface area contributed by atoms with Crippen molar-refractivity contribution in [2.75, 3.05) is 13.2 Å². The quantitative estimate of drug-likeness (QED) is 0.198. The van der Waals surface area contributed by atoms with Crippen molar-refractivity contribution in [1.29, 1.82) is 0 Å². The summed E-state index contributed by atoms with van der Waals surface area (Å²) in [6, 6.07) is 11.7.